The van der Waals surface area contributed by atoms with Gasteiger partial charge in [-0.05, 0) is 74.9 Å². The van der Waals surface area contributed by atoms with Crippen molar-refractivity contribution in [1.29, 1.82) is 0 Å². The molecule has 0 saturated carbocycles. The molecule has 0 aromatic heterocycles. The van der Waals surface area contributed by atoms with E-state index in [2.05, 4.69) is 37.2 Å². The van der Waals surface area contributed by atoms with Crippen molar-refractivity contribution >= 4 is 61.0 Å². The standard InChI is InChI=1S/C24H26Br2N4O3/c1-14-3-2-4-15-13-30(24(33)28-23(14)15)17-7-9-29(10-8-17)21(32)6-5-20(31)16-11-18(25)22(27)19(26)12-16/h2-4,11-12,17H,5-10,13,27H2,1H3,(H,28,33). The fourth-order valence-electron chi connectivity index (χ4n) is 4.46. The molecule has 7 nitrogen and oxygen atoms in total. The van der Waals surface area contributed by atoms with Crippen LogP contribution in [0, 0.1) is 6.92 Å². The van der Waals surface area contributed by atoms with Gasteiger partial charge in [-0.3, -0.25) is 9.59 Å². The number of nitrogens with one attached hydrogen (secondary N) is 1. The highest BCUT2D eigenvalue weighted by Gasteiger charge is 2.33. The lowest BCUT2D eigenvalue weighted by atomic mass is 9.99. The minimum atomic E-state index is -0.0985. The van der Waals surface area contributed by atoms with Gasteiger partial charge >= 0.3 is 6.03 Å². The molecule has 1 fully saturated rings. The van der Waals surface area contributed by atoms with Crippen LogP contribution in [-0.2, 0) is 11.3 Å². The van der Waals surface area contributed by atoms with Crippen molar-refractivity contribution in [3.8, 4) is 0 Å². The lowest BCUT2D eigenvalue weighted by Gasteiger charge is -2.41. The number of anilines is 2. The quantitative estimate of drug-likeness (QED) is 0.381. The number of rotatable bonds is 5. The van der Waals surface area contributed by atoms with Crippen LogP contribution in [0.4, 0.5) is 16.2 Å². The van der Waals surface area contributed by atoms with E-state index < -0.39 is 0 Å². The Morgan fingerprint density at radius 1 is 1.12 bits per heavy atom. The molecule has 2 heterocycles. The number of nitrogen functional groups attached to an aromatic ring is 1. The van der Waals surface area contributed by atoms with Gasteiger partial charge in [0.2, 0.25) is 5.91 Å². The monoisotopic (exact) mass is 576 g/mol. The van der Waals surface area contributed by atoms with Crippen LogP contribution in [0.25, 0.3) is 0 Å². The van der Waals surface area contributed by atoms with E-state index in [-0.39, 0.29) is 36.6 Å². The summed E-state index contributed by atoms with van der Waals surface area (Å²) in [5.41, 5.74) is 10.0. The summed E-state index contributed by atoms with van der Waals surface area (Å²) in [5, 5.41) is 3.02. The average molecular weight is 578 g/mol. The topological polar surface area (TPSA) is 95.7 Å². The van der Waals surface area contributed by atoms with E-state index in [4.69, 9.17) is 5.73 Å². The number of carbonyl (C=O) groups is 3. The second-order valence-electron chi connectivity index (χ2n) is 8.56. The molecule has 2 aromatic rings. The number of likely N-dealkylation sites (tertiary alicyclic amines) is 1. The molecule has 0 radical (unpaired) electrons. The highest BCUT2D eigenvalue weighted by molar-refractivity contribution is 9.11. The summed E-state index contributed by atoms with van der Waals surface area (Å²) in [5.74, 6) is -0.127. The minimum Gasteiger partial charge on any atom is -0.397 e. The minimum absolute atomic E-state index is 0.0283. The molecule has 0 aliphatic carbocycles. The van der Waals surface area contributed by atoms with Gasteiger partial charge in [0.1, 0.15) is 0 Å². The molecule has 174 valence electrons. The fraction of sp³-hybridized carbons (Fsp3) is 0.375. The van der Waals surface area contributed by atoms with Crippen LogP contribution in [0.1, 0.15) is 47.2 Å². The Balaban J connectivity index is 1.30. The maximum atomic E-state index is 12.7. The first-order chi connectivity index (χ1) is 15.7. The normalized spacial score (nSPS) is 16.4. The number of benzene rings is 2. The third kappa shape index (κ3) is 5.09. The number of aryl methyl sites for hydroxylation is 1. The Hall–Kier alpha value is -2.39. The second-order valence-corrected chi connectivity index (χ2v) is 10.3. The third-order valence-corrected chi connectivity index (χ3v) is 7.73. The molecule has 9 heteroatoms. The molecule has 4 rings (SSSR count). The summed E-state index contributed by atoms with van der Waals surface area (Å²) in [6, 6.07) is 9.43. The molecule has 2 aromatic carbocycles. The van der Waals surface area contributed by atoms with Gasteiger partial charge in [0, 0.05) is 53.0 Å². The molecule has 0 bridgehead atoms. The van der Waals surface area contributed by atoms with E-state index >= 15 is 0 Å². The number of carbonyl (C=O) groups excluding carboxylic acids is 3. The van der Waals surface area contributed by atoms with Crippen molar-refractivity contribution in [2.24, 2.45) is 0 Å². The van der Waals surface area contributed by atoms with Gasteiger partial charge in [-0.15, -0.1) is 0 Å². The Bertz CT molecular complexity index is 1090. The number of nitrogens with two attached hydrogens (primary N) is 1. The van der Waals surface area contributed by atoms with E-state index in [9.17, 15) is 14.4 Å². The Morgan fingerprint density at radius 2 is 1.79 bits per heavy atom. The molecule has 33 heavy (non-hydrogen) atoms. The number of ketones is 1. The Labute approximate surface area is 209 Å². The first kappa shape index (κ1) is 23.8. The molecule has 3 N–H and O–H groups in total. The van der Waals surface area contributed by atoms with Gasteiger partial charge in [-0.2, -0.15) is 0 Å². The number of fused-ring (bicyclic) bond motifs is 1. The summed E-state index contributed by atoms with van der Waals surface area (Å²) < 4.78 is 1.29. The molecule has 2 aliphatic heterocycles. The second kappa shape index (κ2) is 9.85. The highest BCUT2D eigenvalue weighted by atomic mass is 79.9. The largest absolute Gasteiger partial charge is 0.397 e. The number of hydrogen-bond acceptors (Lipinski definition) is 4. The lowest BCUT2D eigenvalue weighted by Crippen LogP contribution is -2.51. The number of piperidine rings is 1. The summed E-state index contributed by atoms with van der Waals surface area (Å²) in [6.07, 6.45) is 1.77. The zero-order chi connectivity index (χ0) is 23.7. The number of hydrogen-bond donors (Lipinski definition) is 2. The van der Waals surface area contributed by atoms with E-state index in [1.807, 2.05) is 30.0 Å². The number of nitrogens with zero attached hydrogens (tertiary/aromatic N) is 2. The third-order valence-electron chi connectivity index (χ3n) is 6.42. The van der Waals surface area contributed by atoms with E-state index in [0.717, 1.165) is 29.7 Å². The van der Waals surface area contributed by atoms with Crippen molar-refractivity contribution in [3.63, 3.8) is 0 Å². The van der Waals surface area contributed by atoms with Crippen molar-refractivity contribution in [2.75, 3.05) is 24.1 Å². The molecule has 0 unspecified atom stereocenters. The molecule has 3 amide bonds. The van der Waals surface area contributed by atoms with Crippen LogP contribution in [0.2, 0.25) is 0 Å². The smallest absolute Gasteiger partial charge is 0.322 e. The Morgan fingerprint density at radius 3 is 2.45 bits per heavy atom. The molecule has 2 aliphatic rings. The predicted octanol–water partition coefficient (Wildman–Crippen LogP) is 5.10. The van der Waals surface area contributed by atoms with Crippen LogP contribution < -0.4 is 11.1 Å². The van der Waals surface area contributed by atoms with Crippen molar-refractivity contribution in [2.45, 2.75) is 45.2 Å². The van der Waals surface area contributed by atoms with Crippen molar-refractivity contribution in [1.82, 2.24) is 9.80 Å². The molecular weight excluding hydrogens is 552 g/mol. The zero-order valence-electron chi connectivity index (χ0n) is 18.4. The maximum Gasteiger partial charge on any atom is 0.322 e. The van der Waals surface area contributed by atoms with Crippen LogP contribution >= 0.6 is 31.9 Å². The number of urea groups is 1. The number of Topliss-reactive ketones (excluding diaryl/α,β-unsaturated/α-hetero) is 1. The SMILES string of the molecule is Cc1cccc2c1NC(=O)N(C1CCN(C(=O)CCC(=O)c3cc(Br)c(N)c(Br)c3)CC1)C2. The van der Waals surface area contributed by atoms with Gasteiger partial charge in [0.25, 0.3) is 0 Å². The summed E-state index contributed by atoms with van der Waals surface area (Å²) in [7, 11) is 0. The molecule has 0 atom stereocenters. The van der Waals surface area contributed by atoms with Crippen molar-refractivity contribution in [3.05, 3.63) is 56.0 Å². The summed E-state index contributed by atoms with van der Waals surface area (Å²) in [4.78, 5) is 41.6. The van der Waals surface area contributed by atoms with Crippen LogP contribution in [0.3, 0.4) is 0 Å². The van der Waals surface area contributed by atoms with Crippen LogP contribution in [0.5, 0.6) is 0 Å². The summed E-state index contributed by atoms with van der Waals surface area (Å²) >= 11 is 6.70. The fourth-order valence-corrected chi connectivity index (χ4v) is 5.65. The number of halogens is 2. The van der Waals surface area contributed by atoms with Gasteiger partial charge < -0.3 is 20.9 Å². The first-order valence-electron chi connectivity index (χ1n) is 11.0. The van der Waals surface area contributed by atoms with E-state index in [1.54, 1.807) is 17.0 Å². The zero-order valence-corrected chi connectivity index (χ0v) is 21.5. The first-order valence-corrected chi connectivity index (χ1v) is 12.5. The Kier molecular flexibility index (Phi) is 7.09. The molecular formula is C24H26Br2N4O3. The van der Waals surface area contributed by atoms with Crippen molar-refractivity contribution < 1.29 is 14.4 Å². The lowest BCUT2D eigenvalue weighted by molar-refractivity contribution is -0.132. The van der Waals surface area contributed by atoms with Crippen LogP contribution in [-0.4, -0.2) is 46.7 Å². The van der Waals surface area contributed by atoms with Crippen LogP contribution in [0.15, 0.2) is 39.3 Å². The number of amides is 3. The van der Waals surface area contributed by atoms with Gasteiger partial charge in [-0.1, -0.05) is 18.2 Å². The number of para-hydroxylation sites is 1. The molecule has 1 saturated heterocycles. The van der Waals surface area contributed by atoms with E-state index in [1.165, 1.54) is 0 Å². The summed E-state index contributed by atoms with van der Waals surface area (Å²) in [6.45, 7) is 3.75. The van der Waals surface area contributed by atoms with Gasteiger partial charge in [0.05, 0.1) is 11.4 Å². The highest BCUT2D eigenvalue weighted by Crippen LogP contribution is 2.31. The van der Waals surface area contributed by atoms with Gasteiger partial charge in [0.15, 0.2) is 5.78 Å². The molecule has 0 spiro atoms. The van der Waals surface area contributed by atoms with Gasteiger partial charge in [-0.25, -0.2) is 4.79 Å². The average Bonchev–Trinajstić information content (AvgIpc) is 2.81. The van der Waals surface area contributed by atoms with E-state index in [0.29, 0.717) is 39.8 Å². The maximum absolute atomic E-state index is 12.7. The predicted molar refractivity (Wildman–Crippen MR) is 135 cm³/mol.